The Labute approximate surface area is 360 Å². The topological polar surface area (TPSA) is 22.8 Å². The summed E-state index contributed by atoms with van der Waals surface area (Å²) in [6.45, 7) is 0. The fraction of sp³-hybridized carbons (Fsp3) is 0. The van der Waals surface area contributed by atoms with E-state index in [4.69, 9.17) is 4.98 Å². The van der Waals surface area contributed by atoms with Gasteiger partial charge in [0.1, 0.15) is 0 Å². The maximum absolute atomic E-state index is 5.18. The lowest BCUT2D eigenvalue weighted by molar-refractivity contribution is 1.17. The molecule has 62 heavy (non-hydrogen) atoms. The summed E-state index contributed by atoms with van der Waals surface area (Å²) in [7, 11) is 0. The van der Waals surface area contributed by atoms with E-state index in [1.807, 2.05) is 0 Å². The van der Waals surface area contributed by atoms with E-state index >= 15 is 0 Å². The second kappa shape index (κ2) is 14.8. The van der Waals surface area contributed by atoms with Gasteiger partial charge in [0.15, 0.2) is 0 Å². The summed E-state index contributed by atoms with van der Waals surface area (Å²) in [4.78, 5) is 5.18. The van der Waals surface area contributed by atoms with Crippen LogP contribution in [0.25, 0.3) is 111 Å². The number of pyridine rings is 1. The molecule has 12 rings (SSSR count). The summed E-state index contributed by atoms with van der Waals surface area (Å²) in [6.07, 6.45) is 0. The maximum Gasteiger partial charge on any atom is 0.0715 e. The van der Waals surface area contributed by atoms with Crippen LogP contribution in [0.5, 0.6) is 0 Å². The van der Waals surface area contributed by atoms with E-state index in [-0.39, 0.29) is 0 Å². The molecule has 12 aromatic rings. The van der Waals surface area contributed by atoms with Gasteiger partial charge in [-0.15, -0.1) is 0 Å². The summed E-state index contributed by atoms with van der Waals surface area (Å²) in [5.41, 5.74) is 18.1. The number of fused-ring (bicyclic) bond motifs is 6. The minimum Gasteiger partial charge on any atom is -0.309 e. The molecule has 0 spiro atoms. The number of benzene rings is 9. The number of rotatable bonds is 7. The molecule has 0 aliphatic rings. The molecule has 0 radical (unpaired) electrons. The van der Waals surface area contributed by atoms with Crippen molar-refractivity contribution in [2.45, 2.75) is 0 Å². The van der Waals surface area contributed by atoms with Gasteiger partial charge in [0.05, 0.1) is 39.1 Å². The minimum absolute atomic E-state index is 0.953. The first-order valence-electron chi connectivity index (χ1n) is 21.2. The Hall–Kier alpha value is -8.27. The molecule has 0 bridgehead atoms. The first-order valence-corrected chi connectivity index (χ1v) is 21.2. The van der Waals surface area contributed by atoms with Crippen molar-refractivity contribution in [3.05, 3.63) is 237 Å². The second-order valence-electron chi connectivity index (χ2n) is 15.9. The lowest BCUT2D eigenvalue weighted by atomic mass is 9.92. The zero-order valence-corrected chi connectivity index (χ0v) is 33.9. The van der Waals surface area contributed by atoms with Crippen LogP contribution in [-0.2, 0) is 0 Å². The van der Waals surface area contributed by atoms with Crippen molar-refractivity contribution < 1.29 is 0 Å². The molecule has 9 aromatic carbocycles. The fourth-order valence-electron chi connectivity index (χ4n) is 9.56. The van der Waals surface area contributed by atoms with Crippen LogP contribution in [0.3, 0.4) is 0 Å². The summed E-state index contributed by atoms with van der Waals surface area (Å²) in [5, 5.41) is 4.91. The lowest BCUT2D eigenvalue weighted by Crippen LogP contribution is -1.99. The molecule has 0 amide bonds. The Bertz CT molecular complexity index is 3560. The van der Waals surface area contributed by atoms with Gasteiger partial charge in [0, 0.05) is 49.5 Å². The zero-order valence-electron chi connectivity index (χ0n) is 33.9. The normalized spacial score (nSPS) is 11.5. The Morgan fingerprint density at radius 1 is 0.274 bits per heavy atom. The van der Waals surface area contributed by atoms with Crippen molar-refractivity contribution in [1.82, 2.24) is 14.1 Å². The van der Waals surface area contributed by atoms with E-state index in [1.165, 1.54) is 65.9 Å². The summed E-state index contributed by atoms with van der Waals surface area (Å²) < 4.78 is 4.89. The van der Waals surface area contributed by atoms with Gasteiger partial charge in [-0.2, -0.15) is 0 Å². The van der Waals surface area contributed by atoms with E-state index in [0.29, 0.717) is 0 Å². The van der Waals surface area contributed by atoms with Crippen molar-refractivity contribution in [2.75, 3.05) is 0 Å². The largest absolute Gasteiger partial charge is 0.309 e. The number of aromatic nitrogens is 3. The van der Waals surface area contributed by atoms with Crippen molar-refractivity contribution in [3.63, 3.8) is 0 Å². The highest BCUT2D eigenvalue weighted by Gasteiger charge is 2.21. The van der Waals surface area contributed by atoms with Crippen molar-refractivity contribution >= 4 is 43.6 Å². The predicted octanol–water partition coefficient (Wildman–Crippen LogP) is 15.6. The van der Waals surface area contributed by atoms with Crippen molar-refractivity contribution in [2.24, 2.45) is 0 Å². The molecule has 0 saturated carbocycles. The van der Waals surface area contributed by atoms with Gasteiger partial charge < -0.3 is 9.13 Å². The highest BCUT2D eigenvalue weighted by Crippen LogP contribution is 2.43. The monoisotopic (exact) mass is 789 g/mol. The maximum atomic E-state index is 5.18. The van der Waals surface area contributed by atoms with Crippen LogP contribution in [0.1, 0.15) is 0 Å². The van der Waals surface area contributed by atoms with Gasteiger partial charge in [0.2, 0.25) is 0 Å². The first kappa shape index (κ1) is 35.7. The highest BCUT2D eigenvalue weighted by molar-refractivity contribution is 6.15. The molecule has 3 nitrogen and oxygen atoms in total. The van der Waals surface area contributed by atoms with Crippen LogP contribution in [-0.4, -0.2) is 14.1 Å². The molecule has 0 N–H and O–H groups in total. The summed E-state index contributed by atoms with van der Waals surface area (Å²) >= 11 is 0. The van der Waals surface area contributed by atoms with Gasteiger partial charge in [-0.25, -0.2) is 4.98 Å². The summed E-state index contributed by atoms with van der Waals surface area (Å²) in [5.74, 6) is 0. The SMILES string of the molecule is c1ccc(-c2cc(-c3ccccc3-c3ccc4c(c3)c3ccccc3n4-c3ccccc3-c3cccc4c5ccccc5n(-c5ccccc5)c34)cc(-c3ccccc3)n2)cc1. The van der Waals surface area contributed by atoms with E-state index in [1.54, 1.807) is 0 Å². The number of hydrogen-bond acceptors (Lipinski definition) is 1. The standard InChI is InChI=1S/C59H39N3/c1-4-19-40(20-5-1)53-38-43(39-54(60-53)41-21-6-2-7-22-41)46-26-11-10-25-45(46)42-35-36-58-52(37-42)49-29-14-17-34-57(49)62(58)56-33-16-13-28-48(56)51-31-18-30-50-47-27-12-15-32-55(47)61(59(50)51)44-23-8-3-9-24-44/h1-39H. The lowest BCUT2D eigenvalue weighted by Gasteiger charge is -2.17. The Morgan fingerprint density at radius 3 is 1.44 bits per heavy atom. The molecular formula is C59H39N3. The number of para-hydroxylation sites is 5. The van der Waals surface area contributed by atoms with Crippen LogP contribution in [0.15, 0.2) is 237 Å². The van der Waals surface area contributed by atoms with Crippen LogP contribution in [0.2, 0.25) is 0 Å². The van der Waals surface area contributed by atoms with Crippen molar-refractivity contribution in [1.29, 1.82) is 0 Å². The highest BCUT2D eigenvalue weighted by atomic mass is 15.0. The van der Waals surface area contributed by atoms with Gasteiger partial charge >= 0.3 is 0 Å². The molecule has 3 aromatic heterocycles. The van der Waals surface area contributed by atoms with E-state index in [0.717, 1.165) is 45.0 Å². The Morgan fingerprint density at radius 2 is 0.758 bits per heavy atom. The molecule has 0 saturated heterocycles. The van der Waals surface area contributed by atoms with Gasteiger partial charge in [-0.1, -0.05) is 182 Å². The molecule has 3 heteroatoms. The molecule has 0 aliphatic carbocycles. The molecule has 0 atom stereocenters. The zero-order chi connectivity index (χ0) is 41.0. The fourth-order valence-corrected chi connectivity index (χ4v) is 9.56. The average Bonchev–Trinajstić information content (AvgIpc) is 3.87. The Kier molecular flexibility index (Phi) is 8.50. The van der Waals surface area contributed by atoms with Crippen LogP contribution < -0.4 is 0 Å². The van der Waals surface area contributed by atoms with E-state index in [2.05, 4.69) is 246 Å². The van der Waals surface area contributed by atoms with Crippen LogP contribution >= 0.6 is 0 Å². The summed E-state index contributed by atoms with van der Waals surface area (Å²) in [6, 6.07) is 85.2. The minimum atomic E-state index is 0.953. The molecule has 0 fully saturated rings. The molecule has 3 heterocycles. The average molecular weight is 790 g/mol. The third-order valence-corrected chi connectivity index (χ3v) is 12.3. The van der Waals surface area contributed by atoms with Crippen LogP contribution in [0.4, 0.5) is 0 Å². The third kappa shape index (κ3) is 5.86. The number of hydrogen-bond donors (Lipinski definition) is 0. The molecule has 0 aliphatic heterocycles. The van der Waals surface area contributed by atoms with Gasteiger partial charge in [-0.05, 0) is 76.9 Å². The van der Waals surface area contributed by atoms with Crippen molar-refractivity contribution in [3.8, 4) is 67.3 Å². The molecule has 0 unspecified atom stereocenters. The van der Waals surface area contributed by atoms with Crippen LogP contribution in [0, 0.1) is 0 Å². The first-order chi connectivity index (χ1) is 30.8. The quantitative estimate of drug-likeness (QED) is 0.158. The number of nitrogens with zero attached hydrogens (tertiary/aromatic N) is 3. The smallest absolute Gasteiger partial charge is 0.0715 e. The van der Waals surface area contributed by atoms with Gasteiger partial charge in [0.25, 0.3) is 0 Å². The van der Waals surface area contributed by atoms with E-state index in [9.17, 15) is 0 Å². The van der Waals surface area contributed by atoms with E-state index < -0.39 is 0 Å². The molecule has 290 valence electrons. The Balaban J connectivity index is 1.05. The van der Waals surface area contributed by atoms with Gasteiger partial charge in [-0.3, -0.25) is 0 Å². The predicted molar refractivity (Wildman–Crippen MR) is 260 cm³/mol. The second-order valence-corrected chi connectivity index (χ2v) is 15.9. The third-order valence-electron chi connectivity index (χ3n) is 12.3. The molecular weight excluding hydrogens is 751 g/mol.